The number of amides is 2. The molecular weight excluding hydrogens is 290 g/mol. The van der Waals surface area contributed by atoms with Crippen molar-refractivity contribution in [3.05, 3.63) is 59.4 Å². The van der Waals surface area contributed by atoms with Crippen molar-refractivity contribution in [3.63, 3.8) is 0 Å². The largest absolute Gasteiger partial charge is 0.344 e. The van der Waals surface area contributed by atoms with Crippen LogP contribution < -0.4 is 10.6 Å². The zero-order valence-electron chi connectivity index (χ0n) is 13.0. The number of aromatic nitrogens is 1. The average Bonchev–Trinajstić information content (AvgIpc) is 2.56. The number of anilines is 1. The summed E-state index contributed by atoms with van der Waals surface area (Å²) in [5.41, 5.74) is 3.69. The molecule has 1 unspecified atom stereocenters. The van der Waals surface area contributed by atoms with Crippen molar-refractivity contribution in [1.82, 2.24) is 10.3 Å². The minimum Gasteiger partial charge on any atom is -0.344 e. The zero-order valence-corrected chi connectivity index (χ0v) is 13.0. The first-order valence-electron chi connectivity index (χ1n) is 7.77. The number of rotatable bonds is 4. The second-order valence-electron chi connectivity index (χ2n) is 5.66. The predicted molar refractivity (Wildman–Crippen MR) is 88.0 cm³/mol. The molecule has 1 aromatic heterocycles. The van der Waals surface area contributed by atoms with Gasteiger partial charge in [-0.2, -0.15) is 0 Å². The Balaban J connectivity index is 1.62. The first-order valence-corrected chi connectivity index (χ1v) is 7.77. The fourth-order valence-electron chi connectivity index (χ4n) is 2.65. The summed E-state index contributed by atoms with van der Waals surface area (Å²) < 4.78 is 0. The minimum atomic E-state index is -0.535. The second-order valence-corrected chi connectivity index (χ2v) is 5.66. The van der Waals surface area contributed by atoms with Crippen LogP contribution in [0.4, 0.5) is 5.69 Å². The number of pyridine rings is 1. The second kappa shape index (κ2) is 6.60. The predicted octanol–water partition coefficient (Wildman–Crippen LogP) is 1.87. The van der Waals surface area contributed by atoms with Crippen LogP contribution in [-0.4, -0.2) is 22.8 Å². The van der Waals surface area contributed by atoms with E-state index in [1.165, 1.54) is 0 Å². The molecular formula is C18H19N3O2. The molecule has 0 saturated carbocycles. The molecule has 2 aromatic rings. The maximum atomic E-state index is 12.2. The first-order chi connectivity index (χ1) is 11.2. The summed E-state index contributed by atoms with van der Waals surface area (Å²) >= 11 is 0. The van der Waals surface area contributed by atoms with Crippen LogP contribution in [0.3, 0.4) is 0 Å². The summed E-state index contributed by atoms with van der Waals surface area (Å²) in [4.78, 5) is 28.5. The van der Waals surface area contributed by atoms with Crippen LogP contribution in [0.15, 0.2) is 42.6 Å². The van der Waals surface area contributed by atoms with Gasteiger partial charge < -0.3 is 10.6 Å². The number of fused-ring (bicyclic) bond motifs is 1. The molecule has 0 aliphatic carbocycles. The van der Waals surface area contributed by atoms with Crippen LogP contribution in [-0.2, 0) is 28.9 Å². The third-order valence-electron chi connectivity index (χ3n) is 3.99. The summed E-state index contributed by atoms with van der Waals surface area (Å²) in [6.07, 6.45) is 3.39. The number of aryl methyl sites for hydroxylation is 1. The molecule has 0 radical (unpaired) electrons. The van der Waals surface area contributed by atoms with E-state index in [2.05, 4.69) is 22.5 Å². The lowest BCUT2D eigenvalue weighted by molar-refractivity contribution is -0.126. The highest BCUT2D eigenvalue weighted by Crippen LogP contribution is 2.21. The molecule has 1 aromatic carbocycles. The highest BCUT2D eigenvalue weighted by molar-refractivity contribution is 6.00. The molecule has 0 spiro atoms. The van der Waals surface area contributed by atoms with Gasteiger partial charge in [-0.1, -0.05) is 31.2 Å². The minimum absolute atomic E-state index is 0.175. The molecule has 1 atom stereocenters. The van der Waals surface area contributed by atoms with Gasteiger partial charge in [0.1, 0.15) is 6.04 Å². The number of hydrogen-bond acceptors (Lipinski definition) is 3. The van der Waals surface area contributed by atoms with Crippen molar-refractivity contribution in [3.8, 4) is 0 Å². The summed E-state index contributed by atoms with van der Waals surface area (Å²) in [7, 11) is 0. The van der Waals surface area contributed by atoms with Crippen molar-refractivity contribution >= 4 is 17.5 Å². The van der Waals surface area contributed by atoms with Crippen molar-refractivity contribution in [2.45, 2.75) is 32.2 Å². The van der Waals surface area contributed by atoms with Crippen molar-refractivity contribution < 1.29 is 9.59 Å². The van der Waals surface area contributed by atoms with Gasteiger partial charge in [0.25, 0.3) is 0 Å². The van der Waals surface area contributed by atoms with E-state index in [4.69, 9.17) is 0 Å². The Morgan fingerprint density at radius 1 is 1.30 bits per heavy atom. The van der Waals surface area contributed by atoms with Crippen LogP contribution in [0.1, 0.15) is 23.7 Å². The summed E-state index contributed by atoms with van der Waals surface area (Å²) in [5.74, 6) is -0.368. The van der Waals surface area contributed by atoms with Crippen LogP contribution in [0.2, 0.25) is 0 Å². The van der Waals surface area contributed by atoms with Gasteiger partial charge in [-0.3, -0.25) is 14.6 Å². The van der Waals surface area contributed by atoms with E-state index in [-0.39, 0.29) is 18.2 Å². The topological polar surface area (TPSA) is 71.1 Å². The molecule has 2 amide bonds. The molecule has 1 aliphatic heterocycles. The number of carbonyl (C=O) groups excluding carboxylic acids is 2. The molecule has 2 heterocycles. The molecule has 23 heavy (non-hydrogen) atoms. The first kappa shape index (κ1) is 15.2. The highest BCUT2D eigenvalue weighted by Gasteiger charge is 2.27. The number of nitrogens with one attached hydrogen (secondary N) is 2. The van der Waals surface area contributed by atoms with Gasteiger partial charge in [-0.15, -0.1) is 0 Å². The Labute approximate surface area is 135 Å². The molecule has 0 fully saturated rings. The lowest BCUT2D eigenvalue weighted by Gasteiger charge is -2.25. The van der Waals surface area contributed by atoms with E-state index in [0.29, 0.717) is 12.1 Å². The molecule has 2 N–H and O–H groups in total. The number of carbonyl (C=O) groups is 2. The molecule has 5 heteroatoms. The maximum Gasteiger partial charge on any atom is 0.247 e. The number of para-hydroxylation sites is 1. The molecule has 1 aliphatic rings. The standard InChI is InChI=1S/C18H19N3O2/c1-2-12-7-8-14(19-11-12)10-17(22)20-16-9-13-5-3-4-6-15(13)21-18(16)23/h3-8,11,16H,2,9-10H2,1H3,(H,20,22)(H,21,23). The number of benzene rings is 1. The lowest BCUT2D eigenvalue weighted by Crippen LogP contribution is -2.48. The third kappa shape index (κ3) is 3.56. The van der Waals surface area contributed by atoms with Gasteiger partial charge in [0.15, 0.2) is 0 Å². The number of nitrogens with zero attached hydrogens (tertiary/aromatic N) is 1. The van der Waals surface area contributed by atoms with Gasteiger partial charge in [-0.25, -0.2) is 0 Å². The Hall–Kier alpha value is -2.69. The molecule has 118 valence electrons. The fraction of sp³-hybridized carbons (Fsp3) is 0.278. The Morgan fingerprint density at radius 3 is 2.87 bits per heavy atom. The summed E-state index contributed by atoms with van der Waals surface area (Å²) in [6, 6.07) is 10.9. The van der Waals surface area contributed by atoms with Crippen LogP contribution in [0.25, 0.3) is 0 Å². The number of hydrogen-bond donors (Lipinski definition) is 2. The quantitative estimate of drug-likeness (QED) is 0.905. The smallest absolute Gasteiger partial charge is 0.247 e. The van der Waals surface area contributed by atoms with Crippen molar-refractivity contribution in [1.29, 1.82) is 0 Å². The van der Waals surface area contributed by atoms with Gasteiger partial charge in [0, 0.05) is 24.0 Å². The van der Waals surface area contributed by atoms with E-state index < -0.39 is 6.04 Å². The van der Waals surface area contributed by atoms with E-state index in [9.17, 15) is 9.59 Å². The van der Waals surface area contributed by atoms with Gasteiger partial charge in [-0.05, 0) is 29.7 Å². The summed E-state index contributed by atoms with van der Waals surface area (Å²) in [5, 5.41) is 5.62. The fourth-order valence-corrected chi connectivity index (χ4v) is 2.65. The Bertz CT molecular complexity index is 725. The molecule has 0 saturated heterocycles. The molecule has 5 nitrogen and oxygen atoms in total. The van der Waals surface area contributed by atoms with E-state index in [0.717, 1.165) is 23.2 Å². The Kier molecular flexibility index (Phi) is 4.37. The van der Waals surface area contributed by atoms with Crippen molar-refractivity contribution in [2.75, 3.05) is 5.32 Å². The monoisotopic (exact) mass is 309 g/mol. The molecule has 0 bridgehead atoms. The van der Waals surface area contributed by atoms with Crippen LogP contribution >= 0.6 is 0 Å². The van der Waals surface area contributed by atoms with E-state index in [1.807, 2.05) is 36.4 Å². The maximum absolute atomic E-state index is 12.2. The Morgan fingerprint density at radius 2 is 2.13 bits per heavy atom. The average molecular weight is 309 g/mol. The zero-order chi connectivity index (χ0) is 16.2. The van der Waals surface area contributed by atoms with Gasteiger partial charge in [0.05, 0.1) is 6.42 Å². The van der Waals surface area contributed by atoms with Crippen LogP contribution in [0, 0.1) is 0 Å². The normalized spacial score (nSPS) is 16.4. The van der Waals surface area contributed by atoms with Gasteiger partial charge in [0.2, 0.25) is 11.8 Å². The SMILES string of the molecule is CCc1ccc(CC(=O)NC2Cc3ccccc3NC2=O)nc1. The van der Waals surface area contributed by atoms with Gasteiger partial charge >= 0.3 is 0 Å². The molecule has 3 rings (SSSR count). The lowest BCUT2D eigenvalue weighted by atomic mass is 9.99. The van der Waals surface area contributed by atoms with Crippen molar-refractivity contribution in [2.24, 2.45) is 0 Å². The summed E-state index contributed by atoms with van der Waals surface area (Å²) in [6.45, 7) is 2.06. The highest BCUT2D eigenvalue weighted by atomic mass is 16.2. The third-order valence-corrected chi connectivity index (χ3v) is 3.99. The van der Waals surface area contributed by atoms with Crippen LogP contribution in [0.5, 0.6) is 0 Å². The van der Waals surface area contributed by atoms with E-state index >= 15 is 0 Å². The van der Waals surface area contributed by atoms with E-state index in [1.54, 1.807) is 6.20 Å².